The number of ether oxygens (including phenoxy) is 1. The van der Waals surface area contributed by atoms with E-state index >= 15 is 0 Å². The number of nitrogens with zero attached hydrogens (tertiary/aromatic N) is 2. The fourth-order valence-corrected chi connectivity index (χ4v) is 1.21. The van der Waals surface area contributed by atoms with E-state index in [1.54, 1.807) is 0 Å². The topological polar surface area (TPSA) is 76.8 Å². The van der Waals surface area contributed by atoms with Crippen LogP contribution in [0.5, 0.6) is 0 Å². The second-order valence-corrected chi connectivity index (χ2v) is 3.12. The molecule has 2 aromatic rings. The fraction of sp³-hybridized carbons (Fsp3) is 0.200. The number of benzene rings is 1. The van der Waals surface area contributed by atoms with Gasteiger partial charge in [-0.05, 0) is 5.56 Å². The van der Waals surface area contributed by atoms with Crippen LogP contribution < -0.4 is 5.73 Å². The zero-order chi connectivity index (χ0) is 10.5. The molecule has 0 aliphatic rings. The first-order valence-corrected chi connectivity index (χ1v) is 4.63. The number of hydrogen-bond acceptors (Lipinski definition) is 4. The van der Waals surface area contributed by atoms with E-state index in [2.05, 4.69) is 15.2 Å². The van der Waals surface area contributed by atoms with Gasteiger partial charge in [0, 0.05) is 0 Å². The summed E-state index contributed by atoms with van der Waals surface area (Å²) in [5, 5.41) is 6.38. The molecule has 5 nitrogen and oxygen atoms in total. The van der Waals surface area contributed by atoms with Gasteiger partial charge in [-0.1, -0.05) is 30.3 Å². The van der Waals surface area contributed by atoms with Crippen molar-refractivity contribution in [1.29, 1.82) is 0 Å². The van der Waals surface area contributed by atoms with Crippen LogP contribution in [0.3, 0.4) is 0 Å². The monoisotopic (exact) mass is 204 g/mol. The van der Waals surface area contributed by atoms with Crippen molar-refractivity contribution in [2.24, 2.45) is 0 Å². The first kappa shape index (κ1) is 9.67. The molecule has 0 fully saturated rings. The standard InChI is InChI=1S/C10H12N4O/c11-10-12-9(13-14-10)7-15-6-8-4-2-1-3-5-8/h1-5H,6-7H2,(H3,11,12,13,14). The third-order valence-corrected chi connectivity index (χ3v) is 1.90. The maximum atomic E-state index is 5.43. The van der Waals surface area contributed by atoms with Crippen LogP contribution in [0.1, 0.15) is 11.4 Å². The molecule has 1 aromatic carbocycles. The van der Waals surface area contributed by atoms with Crippen LogP contribution in [0.2, 0.25) is 0 Å². The van der Waals surface area contributed by atoms with E-state index in [4.69, 9.17) is 10.5 Å². The summed E-state index contributed by atoms with van der Waals surface area (Å²) < 4.78 is 5.43. The summed E-state index contributed by atoms with van der Waals surface area (Å²) in [6.07, 6.45) is 0. The summed E-state index contributed by atoms with van der Waals surface area (Å²) in [5.74, 6) is 0.886. The molecule has 5 heteroatoms. The molecule has 2 rings (SSSR count). The molecule has 0 aliphatic carbocycles. The Morgan fingerprint density at radius 1 is 1.20 bits per heavy atom. The first-order valence-electron chi connectivity index (χ1n) is 4.63. The number of nitrogens with one attached hydrogen (secondary N) is 1. The highest BCUT2D eigenvalue weighted by Crippen LogP contribution is 2.03. The van der Waals surface area contributed by atoms with E-state index in [-0.39, 0.29) is 5.95 Å². The van der Waals surface area contributed by atoms with Crippen molar-refractivity contribution in [1.82, 2.24) is 15.2 Å². The summed E-state index contributed by atoms with van der Waals surface area (Å²) in [5.41, 5.74) is 6.48. The molecule has 3 N–H and O–H groups in total. The molecule has 0 unspecified atom stereocenters. The summed E-state index contributed by atoms with van der Waals surface area (Å²) in [6.45, 7) is 0.945. The highest BCUT2D eigenvalue weighted by Gasteiger charge is 1.99. The van der Waals surface area contributed by atoms with Gasteiger partial charge < -0.3 is 10.5 Å². The number of nitrogen functional groups attached to an aromatic ring is 1. The van der Waals surface area contributed by atoms with Gasteiger partial charge in [0.2, 0.25) is 5.95 Å². The molecule has 0 saturated carbocycles. The van der Waals surface area contributed by atoms with Crippen molar-refractivity contribution in [2.45, 2.75) is 13.2 Å². The van der Waals surface area contributed by atoms with Gasteiger partial charge in [0.15, 0.2) is 5.82 Å². The lowest BCUT2D eigenvalue weighted by Gasteiger charge is -2.01. The van der Waals surface area contributed by atoms with E-state index < -0.39 is 0 Å². The number of anilines is 1. The van der Waals surface area contributed by atoms with Gasteiger partial charge in [0.25, 0.3) is 0 Å². The zero-order valence-electron chi connectivity index (χ0n) is 8.18. The fourth-order valence-electron chi connectivity index (χ4n) is 1.21. The highest BCUT2D eigenvalue weighted by atomic mass is 16.5. The summed E-state index contributed by atoms with van der Waals surface area (Å²) >= 11 is 0. The predicted molar refractivity (Wildman–Crippen MR) is 55.7 cm³/mol. The van der Waals surface area contributed by atoms with Gasteiger partial charge in [-0.2, -0.15) is 4.98 Å². The van der Waals surface area contributed by atoms with Crippen LogP contribution in [0.4, 0.5) is 5.95 Å². The van der Waals surface area contributed by atoms with Crippen LogP contribution >= 0.6 is 0 Å². The van der Waals surface area contributed by atoms with Crippen LogP contribution in [-0.4, -0.2) is 15.2 Å². The smallest absolute Gasteiger partial charge is 0.239 e. The zero-order valence-corrected chi connectivity index (χ0v) is 8.18. The average molecular weight is 204 g/mol. The SMILES string of the molecule is Nc1n[nH]c(COCc2ccccc2)n1. The summed E-state index contributed by atoms with van der Waals surface area (Å²) in [4.78, 5) is 3.93. The Hall–Kier alpha value is -1.88. The minimum Gasteiger partial charge on any atom is -0.369 e. The van der Waals surface area contributed by atoms with Crippen LogP contribution in [0.15, 0.2) is 30.3 Å². The molecule has 0 spiro atoms. The van der Waals surface area contributed by atoms with E-state index in [1.165, 1.54) is 0 Å². The second kappa shape index (κ2) is 4.56. The summed E-state index contributed by atoms with van der Waals surface area (Å²) in [7, 11) is 0. The lowest BCUT2D eigenvalue weighted by atomic mass is 10.2. The van der Waals surface area contributed by atoms with E-state index in [9.17, 15) is 0 Å². The van der Waals surface area contributed by atoms with Crippen LogP contribution in [0, 0.1) is 0 Å². The lowest BCUT2D eigenvalue weighted by Crippen LogP contribution is -1.96. The molecule has 1 aromatic heterocycles. The molecule has 0 radical (unpaired) electrons. The van der Waals surface area contributed by atoms with Crippen molar-refractivity contribution in [2.75, 3.05) is 5.73 Å². The summed E-state index contributed by atoms with van der Waals surface area (Å²) in [6, 6.07) is 9.94. The Bertz CT molecular complexity index is 412. The second-order valence-electron chi connectivity index (χ2n) is 3.12. The Morgan fingerprint density at radius 3 is 2.67 bits per heavy atom. The number of nitrogens with two attached hydrogens (primary N) is 1. The van der Waals surface area contributed by atoms with Gasteiger partial charge >= 0.3 is 0 Å². The Balaban J connectivity index is 1.80. The third-order valence-electron chi connectivity index (χ3n) is 1.90. The Labute approximate surface area is 87.3 Å². The molecule has 0 amide bonds. The predicted octanol–water partition coefficient (Wildman–Crippen LogP) is 1.10. The van der Waals surface area contributed by atoms with Gasteiger partial charge in [-0.3, -0.25) is 5.10 Å². The van der Waals surface area contributed by atoms with Crippen molar-refractivity contribution in [3.63, 3.8) is 0 Å². The number of rotatable bonds is 4. The van der Waals surface area contributed by atoms with Gasteiger partial charge in [0.05, 0.1) is 6.61 Å². The van der Waals surface area contributed by atoms with Crippen molar-refractivity contribution >= 4 is 5.95 Å². The highest BCUT2D eigenvalue weighted by molar-refractivity contribution is 5.14. The van der Waals surface area contributed by atoms with Crippen molar-refractivity contribution < 1.29 is 4.74 Å². The van der Waals surface area contributed by atoms with Crippen LogP contribution in [0.25, 0.3) is 0 Å². The Morgan fingerprint density at radius 2 is 2.00 bits per heavy atom. The van der Waals surface area contributed by atoms with Gasteiger partial charge in [-0.15, -0.1) is 5.10 Å². The molecule has 0 aliphatic heterocycles. The Kier molecular flexibility index (Phi) is 2.94. The minimum atomic E-state index is 0.244. The molecule has 0 bridgehead atoms. The maximum absolute atomic E-state index is 5.43. The van der Waals surface area contributed by atoms with Crippen molar-refractivity contribution in [3.05, 3.63) is 41.7 Å². The van der Waals surface area contributed by atoms with Crippen molar-refractivity contribution in [3.8, 4) is 0 Å². The third kappa shape index (κ3) is 2.78. The van der Waals surface area contributed by atoms with Gasteiger partial charge in [-0.25, -0.2) is 0 Å². The number of hydrogen-bond donors (Lipinski definition) is 2. The lowest BCUT2D eigenvalue weighted by molar-refractivity contribution is 0.102. The van der Waals surface area contributed by atoms with Crippen LogP contribution in [-0.2, 0) is 18.0 Å². The quantitative estimate of drug-likeness (QED) is 0.781. The molecule has 0 atom stereocenters. The molecule has 1 heterocycles. The number of aromatic amines is 1. The number of aromatic nitrogens is 3. The van der Waals surface area contributed by atoms with E-state index in [1.807, 2.05) is 30.3 Å². The largest absolute Gasteiger partial charge is 0.369 e. The maximum Gasteiger partial charge on any atom is 0.239 e. The normalized spacial score (nSPS) is 10.4. The molecular weight excluding hydrogens is 192 g/mol. The number of H-pyrrole nitrogens is 1. The minimum absolute atomic E-state index is 0.244. The molecular formula is C10H12N4O. The van der Waals surface area contributed by atoms with E-state index in [0.717, 1.165) is 5.56 Å². The average Bonchev–Trinajstić information content (AvgIpc) is 2.66. The van der Waals surface area contributed by atoms with Gasteiger partial charge in [0.1, 0.15) is 6.61 Å². The first-order chi connectivity index (χ1) is 7.34. The molecule has 15 heavy (non-hydrogen) atoms. The molecule has 0 saturated heterocycles. The van der Waals surface area contributed by atoms with E-state index in [0.29, 0.717) is 19.0 Å². The molecule has 78 valence electrons.